The van der Waals surface area contributed by atoms with E-state index in [0.29, 0.717) is 18.9 Å². The standard InChI is InChI=1S/C12H21ClO2/c1-2-3-4-5-8-12(14)11-15-10-7-6-9-13/h6-7H,2-5,8-11H2,1H3/b7-6+. The average molecular weight is 233 g/mol. The van der Waals surface area contributed by atoms with E-state index >= 15 is 0 Å². The molecule has 0 spiro atoms. The van der Waals surface area contributed by atoms with Crippen LogP contribution in [0.2, 0.25) is 0 Å². The molecule has 0 atom stereocenters. The van der Waals surface area contributed by atoms with E-state index < -0.39 is 0 Å². The molecule has 0 rings (SSSR count). The predicted octanol–water partition coefficient (Wildman–Crippen LogP) is 3.34. The lowest BCUT2D eigenvalue weighted by atomic mass is 10.1. The van der Waals surface area contributed by atoms with Gasteiger partial charge >= 0.3 is 0 Å². The fraction of sp³-hybridized carbons (Fsp3) is 0.750. The summed E-state index contributed by atoms with van der Waals surface area (Å²) in [5.41, 5.74) is 0. The van der Waals surface area contributed by atoms with Crippen molar-refractivity contribution >= 4 is 17.4 Å². The first kappa shape index (κ1) is 14.7. The first-order valence-corrected chi connectivity index (χ1v) is 6.15. The Morgan fingerprint density at radius 2 is 2.07 bits per heavy atom. The molecule has 0 N–H and O–H groups in total. The highest BCUT2D eigenvalue weighted by Gasteiger charge is 2.00. The number of ketones is 1. The molecule has 0 unspecified atom stereocenters. The second kappa shape index (κ2) is 11.7. The van der Waals surface area contributed by atoms with Crippen molar-refractivity contribution in [3.63, 3.8) is 0 Å². The third kappa shape index (κ3) is 11.6. The average Bonchev–Trinajstić information content (AvgIpc) is 2.24. The highest BCUT2D eigenvalue weighted by Crippen LogP contribution is 2.02. The van der Waals surface area contributed by atoms with E-state index in [1.54, 1.807) is 0 Å². The van der Waals surface area contributed by atoms with Crippen molar-refractivity contribution in [2.24, 2.45) is 0 Å². The molecule has 0 aliphatic heterocycles. The van der Waals surface area contributed by atoms with Crippen molar-refractivity contribution in [3.05, 3.63) is 12.2 Å². The van der Waals surface area contributed by atoms with Gasteiger partial charge in [0.25, 0.3) is 0 Å². The first-order chi connectivity index (χ1) is 7.31. The summed E-state index contributed by atoms with van der Waals surface area (Å²) in [5, 5.41) is 0. The number of rotatable bonds is 10. The summed E-state index contributed by atoms with van der Waals surface area (Å²) >= 11 is 5.43. The quantitative estimate of drug-likeness (QED) is 0.328. The summed E-state index contributed by atoms with van der Waals surface area (Å²) in [6.07, 6.45) is 8.85. The molecule has 0 heterocycles. The number of carbonyl (C=O) groups excluding carboxylic acids is 1. The van der Waals surface area contributed by atoms with Crippen LogP contribution in [0.25, 0.3) is 0 Å². The van der Waals surface area contributed by atoms with Crippen LogP contribution < -0.4 is 0 Å². The van der Waals surface area contributed by atoms with Gasteiger partial charge in [-0.1, -0.05) is 38.3 Å². The van der Waals surface area contributed by atoms with Crippen molar-refractivity contribution in [2.45, 2.75) is 39.0 Å². The third-order valence-electron chi connectivity index (χ3n) is 2.04. The summed E-state index contributed by atoms with van der Waals surface area (Å²) < 4.78 is 5.16. The minimum absolute atomic E-state index is 0.199. The van der Waals surface area contributed by atoms with Gasteiger partial charge in [-0.3, -0.25) is 4.79 Å². The fourth-order valence-electron chi connectivity index (χ4n) is 1.19. The maximum Gasteiger partial charge on any atom is 0.158 e. The molecule has 3 heteroatoms. The van der Waals surface area contributed by atoms with Gasteiger partial charge in [-0.15, -0.1) is 11.6 Å². The minimum atomic E-state index is 0.199. The molecule has 0 aromatic carbocycles. The lowest BCUT2D eigenvalue weighted by Crippen LogP contribution is -2.08. The summed E-state index contributed by atoms with van der Waals surface area (Å²) in [6.45, 7) is 2.88. The Bertz CT molecular complexity index is 178. The molecule has 88 valence electrons. The molecule has 0 aromatic rings. The number of allylic oxidation sites excluding steroid dienone is 1. The van der Waals surface area contributed by atoms with Crippen LogP contribution in [0.5, 0.6) is 0 Å². The molecule has 0 saturated heterocycles. The predicted molar refractivity (Wildman–Crippen MR) is 64.4 cm³/mol. The maximum atomic E-state index is 11.3. The zero-order chi connectivity index (χ0) is 11.4. The SMILES string of the molecule is CCCCCCC(=O)COC/C=C/CCl. The van der Waals surface area contributed by atoms with Gasteiger partial charge in [0.2, 0.25) is 0 Å². The Balaban J connectivity index is 3.22. The number of carbonyl (C=O) groups is 1. The van der Waals surface area contributed by atoms with Crippen LogP contribution in [-0.2, 0) is 9.53 Å². The van der Waals surface area contributed by atoms with Gasteiger partial charge in [-0.05, 0) is 6.42 Å². The van der Waals surface area contributed by atoms with Crippen LogP contribution >= 0.6 is 11.6 Å². The molecule has 0 bridgehead atoms. The minimum Gasteiger partial charge on any atom is -0.370 e. The van der Waals surface area contributed by atoms with E-state index in [9.17, 15) is 4.79 Å². The molecule has 0 saturated carbocycles. The number of hydrogen-bond donors (Lipinski definition) is 0. The van der Waals surface area contributed by atoms with E-state index in [1.165, 1.54) is 12.8 Å². The Kier molecular flexibility index (Phi) is 11.5. The number of halogens is 1. The largest absolute Gasteiger partial charge is 0.370 e. The van der Waals surface area contributed by atoms with Gasteiger partial charge in [-0.25, -0.2) is 0 Å². The molecule has 2 nitrogen and oxygen atoms in total. The molecule has 0 radical (unpaired) electrons. The number of alkyl halides is 1. The van der Waals surface area contributed by atoms with Crippen molar-refractivity contribution in [1.29, 1.82) is 0 Å². The zero-order valence-corrected chi connectivity index (χ0v) is 10.3. The Labute approximate surface area is 97.6 Å². The second-order valence-electron chi connectivity index (χ2n) is 3.49. The monoisotopic (exact) mass is 232 g/mol. The molecular weight excluding hydrogens is 212 g/mol. The van der Waals surface area contributed by atoms with Gasteiger partial charge in [0.1, 0.15) is 6.61 Å². The summed E-state index contributed by atoms with van der Waals surface area (Å²) in [7, 11) is 0. The molecule has 0 aliphatic rings. The van der Waals surface area contributed by atoms with Crippen molar-refractivity contribution in [3.8, 4) is 0 Å². The smallest absolute Gasteiger partial charge is 0.158 e. The summed E-state index contributed by atoms with van der Waals surface area (Å²) in [6, 6.07) is 0. The van der Waals surface area contributed by atoms with E-state index in [1.807, 2.05) is 12.2 Å². The fourth-order valence-corrected chi connectivity index (χ4v) is 1.32. The van der Waals surface area contributed by atoms with Crippen molar-refractivity contribution < 1.29 is 9.53 Å². The molecule has 0 amide bonds. The molecule has 15 heavy (non-hydrogen) atoms. The van der Waals surface area contributed by atoms with E-state index in [-0.39, 0.29) is 12.4 Å². The van der Waals surface area contributed by atoms with Crippen molar-refractivity contribution in [2.75, 3.05) is 19.1 Å². The Morgan fingerprint density at radius 1 is 1.27 bits per heavy atom. The molecule has 0 aromatic heterocycles. The van der Waals surface area contributed by atoms with E-state index in [2.05, 4.69) is 6.92 Å². The molecule has 0 aliphatic carbocycles. The number of hydrogen-bond acceptors (Lipinski definition) is 2. The lowest BCUT2D eigenvalue weighted by molar-refractivity contribution is -0.123. The van der Waals surface area contributed by atoms with Gasteiger partial charge < -0.3 is 4.74 Å². The normalized spacial score (nSPS) is 11.1. The second-order valence-corrected chi connectivity index (χ2v) is 3.80. The zero-order valence-electron chi connectivity index (χ0n) is 9.51. The number of Topliss-reactive ketones (excluding diaryl/α,β-unsaturated/α-hetero) is 1. The number of ether oxygens (including phenoxy) is 1. The third-order valence-corrected chi connectivity index (χ3v) is 2.22. The van der Waals surface area contributed by atoms with Crippen LogP contribution in [0.15, 0.2) is 12.2 Å². The van der Waals surface area contributed by atoms with Gasteiger partial charge in [-0.2, -0.15) is 0 Å². The van der Waals surface area contributed by atoms with Gasteiger partial charge in [0, 0.05) is 12.3 Å². The summed E-state index contributed by atoms with van der Waals surface area (Å²) in [5.74, 6) is 0.694. The van der Waals surface area contributed by atoms with E-state index in [0.717, 1.165) is 12.8 Å². The maximum absolute atomic E-state index is 11.3. The van der Waals surface area contributed by atoms with Crippen molar-refractivity contribution in [1.82, 2.24) is 0 Å². The molecular formula is C12H21ClO2. The van der Waals surface area contributed by atoms with Crippen LogP contribution in [0.3, 0.4) is 0 Å². The van der Waals surface area contributed by atoms with Crippen LogP contribution in [-0.4, -0.2) is 24.9 Å². The first-order valence-electron chi connectivity index (χ1n) is 5.61. The van der Waals surface area contributed by atoms with E-state index in [4.69, 9.17) is 16.3 Å². The lowest BCUT2D eigenvalue weighted by Gasteiger charge is -2.00. The van der Waals surface area contributed by atoms with Gasteiger partial charge in [0.05, 0.1) is 6.61 Å². The highest BCUT2D eigenvalue weighted by molar-refractivity contribution is 6.18. The van der Waals surface area contributed by atoms with Crippen LogP contribution in [0.4, 0.5) is 0 Å². The Morgan fingerprint density at radius 3 is 2.73 bits per heavy atom. The Hall–Kier alpha value is -0.340. The molecule has 0 fully saturated rings. The van der Waals surface area contributed by atoms with Crippen LogP contribution in [0, 0.1) is 0 Å². The summed E-state index contributed by atoms with van der Waals surface area (Å²) in [4.78, 5) is 11.3. The highest BCUT2D eigenvalue weighted by atomic mass is 35.5. The van der Waals surface area contributed by atoms with Crippen LogP contribution in [0.1, 0.15) is 39.0 Å². The number of unbranched alkanes of at least 4 members (excludes halogenated alkanes) is 3. The topological polar surface area (TPSA) is 26.3 Å². The van der Waals surface area contributed by atoms with Gasteiger partial charge in [0.15, 0.2) is 5.78 Å².